The van der Waals surface area contributed by atoms with E-state index in [1.54, 1.807) is 42.1 Å². The highest BCUT2D eigenvalue weighted by Gasteiger charge is 2.25. The van der Waals surface area contributed by atoms with Crippen molar-refractivity contribution in [1.82, 2.24) is 15.1 Å². The Labute approximate surface area is 207 Å². The molecule has 8 nitrogen and oxygen atoms in total. The Kier molecular flexibility index (Phi) is 7.91. The lowest BCUT2D eigenvalue weighted by molar-refractivity contribution is -0.122. The number of carbonyl (C=O) groups excluding carboxylic acids is 2. The molecule has 184 valence electrons. The first-order valence-corrected chi connectivity index (χ1v) is 12.5. The van der Waals surface area contributed by atoms with Gasteiger partial charge in [0.15, 0.2) is 11.5 Å². The van der Waals surface area contributed by atoms with Crippen LogP contribution >= 0.6 is 11.8 Å². The largest absolute Gasteiger partial charge is 0.490 e. The van der Waals surface area contributed by atoms with E-state index in [2.05, 4.69) is 15.7 Å². The van der Waals surface area contributed by atoms with Crippen LogP contribution in [0.5, 0.6) is 11.5 Å². The molecule has 0 fully saturated rings. The number of ether oxygens (including phenoxy) is 2. The predicted octanol–water partition coefficient (Wildman–Crippen LogP) is 4.14. The molecule has 1 aliphatic heterocycles. The van der Waals surface area contributed by atoms with Crippen LogP contribution < -0.4 is 20.1 Å². The topological polar surface area (TPSA) is 94.5 Å². The summed E-state index contributed by atoms with van der Waals surface area (Å²) in [6.45, 7) is 4.88. The van der Waals surface area contributed by atoms with Gasteiger partial charge in [-0.2, -0.15) is 16.9 Å². The van der Waals surface area contributed by atoms with Crippen molar-refractivity contribution in [1.29, 1.82) is 0 Å². The Balaban J connectivity index is 1.49. The lowest BCUT2D eigenvalue weighted by Gasteiger charge is -2.14. The Morgan fingerprint density at radius 1 is 1.06 bits per heavy atom. The quantitative estimate of drug-likeness (QED) is 0.437. The Morgan fingerprint density at radius 3 is 2.54 bits per heavy atom. The second-order valence-electron chi connectivity index (χ2n) is 7.81. The molecule has 0 bridgehead atoms. The van der Waals surface area contributed by atoms with Crippen LogP contribution in [0.4, 0.5) is 10.2 Å². The molecule has 0 aliphatic carbocycles. The van der Waals surface area contributed by atoms with E-state index in [1.165, 1.54) is 16.8 Å². The first-order chi connectivity index (χ1) is 17.0. The van der Waals surface area contributed by atoms with Gasteiger partial charge in [-0.1, -0.05) is 12.1 Å². The number of rotatable bonds is 10. The van der Waals surface area contributed by atoms with Crippen LogP contribution in [0.2, 0.25) is 0 Å². The zero-order valence-corrected chi connectivity index (χ0v) is 20.4. The van der Waals surface area contributed by atoms with Gasteiger partial charge in [0.2, 0.25) is 5.91 Å². The van der Waals surface area contributed by atoms with Crippen molar-refractivity contribution in [3.05, 3.63) is 70.7 Å². The van der Waals surface area contributed by atoms with Gasteiger partial charge in [0.05, 0.1) is 18.9 Å². The maximum absolute atomic E-state index is 13.1. The third-order valence-corrected chi connectivity index (χ3v) is 6.32. The molecule has 0 saturated carbocycles. The molecule has 10 heteroatoms. The first-order valence-electron chi connectivity index (χ1n) is 11.4. The number of fused-ring (bicyclic) bond motifs is 1. The van der Waals surface area contributed by atoms with Crippen molar-refractivity contribution in [3.63, 3.8) is 0 Å². The number of hydrogen-bond acceptors (Lipinski definition) is 6. The minimum atomic E-state index is -0.332. The third-order valence-electron chi connectivity index (χ3n) is 5.35. The molecule has 1 aliphatic rings. The van der Waals surface area contributed by atoms with Gasteiger partial charge >= 0.3 is 0 Å². The van der Waals surface area contributed by atoms with Crippen molar-refractivity contribution in [2.75, 3.05) is 18.5 Å². The van der Waals surface area contributed by atoms with Crippen LogP contribution in [0, 0.1) is 5.82 Å². The zero-order valence-electron chi connectivity index (χ0n) is 19.6. The second kappa shape index (κ2) is 11.3. The molecule has 2 N–H and O–H groups in total. The Morgan fingerprint density at radius 2 is 1.80 bits per heavy atom. The van der Waals surface area contributed by atoms with E-state index in [9.17, 15) is 14.0 Å². The highest BCUT2D eigenvalue weighted by atomic mass is 32.2. The third kappa shape index (κ3) is 5.94. The van der Waals surface area contributed by atoms with Crippen molar-refractivity contribution in [2.24, 2.45) is 0 Å². The normalized spacial score (nSPS) is 12.2. The number of nitrogens with one attached hydrogen (secondary N) is 2. The fourth-order valence-electron chi connectivity index (χ4n) is 3.69. The number of thioether (sulfide) groups is 1. The number of carbonyl (C=O) groups is 2. The van der Waals surface area contributed by atoms with Crippen molar-refractivity contribution < 1.29 is 23.5 Å². The molecule has 2 heterocycles. The molecular weight excluding hydrogens is 471 g/mol. The minimum absolute atomic E-state index is 0.0536. The number of benzene rings is 2. The fourth-order valence-corrected chi connectivity index (χ4v) is 4.72. The molecule has 0 unspecified atom stereocenters. The van der Waals surface area contributed by atoms with Gasteiger partial charge in [0, 0.05) is 29.2 Å². The first kappa shape index (κ1) is 24.6. The van der Waals surface area contributed by atoms with Crippen molar-refractivity contribution >= 4 is 29.4 Å². The summed E-state index contributed by atoms with van der Waals surface area (Å²) in [7, 11) is 0. The van der Waals surface area contributed by atoms with Crippen LogP contribution in [0.25, 0.3) is 0 Å². The summed E-state index contributed by atoms with van der Waals surface area (Å²) in [6, 6.07) is 11.0. The number of nitrogens with zero attached hydrogens (tertiary/aromatic N) is 2. The number of aromatic nitrogens is 2. The molecule has 0 spiro atoms. The van der Waals surface area contributed by atoms with Gasteiger partial charge in [0.1, 0.15) is 18.2 Å². The number of halogens is 1. The summed E-state index contributed by atoms with van der Waals surface area (Å²) < 4.78 is 25.8. The van der Waals surface area contributed by atoms with Gasteiger partial charge in [-0.15, -0.1) is 0 Å². The van der Waals surface area contributed by atoms with Crippen LogP contribution in [0.3, 0.4) is 0 Å². The summed E-state index contributed by atoms with van der Waals surface area (Å²) in [4.78, 5) is 25.7. The number of amides is 2. The number of anilines is 1. The van der Waals surface area contributed by atoms with Gasteiger partial charge < -0.3 is 20.1 Å². The van der Waals surface area contributed by atoms with E-state index in [4.69, 9.17) is 9.47 Å². The van der Waals surface area contributed by atoms with Gasteiger partial charge in [0.25, 0.3) is 5.91 Å². The highest BCUT2D eigenvalue weighted by Crippen LogP contribution is 2.35. The molecule has 0 atom stereocenters. The Bertz CT molecular complexity index is 1210. The van der Waals surface area contributed by atoms with Crippen LogP contribution in [-0.2, 0) is 29.4 Å². The van der Waals surface area contributed by atoms with E-state index in [1.807, 2.05) is 13.8 Å². The van der Waals surface area contributed by atoms with E-state index in [0.29, 0.717) is 41.8 Å². The standard InChI is InChI=1S/C25H27FN4O4S/c1-3-33-21-10-7-17(11-22(21)34-4-2)25(32)28-24-19-14-35-15-20(19)29-30(24)13-23(31)27-12-16-5-8-18(26)9-6-16/h5-11H,3-4,12-15H2,1-2H3,(H,27,31)(H,28,32). The SMILES string of the molecule is CCOc1ccc(C(=O)Nc2c3c(nn2CC(=O)NCc2ccc(F)cc2)CSC3)cc1OCC. The molecule has 1 aromatic heterocycles. The summed E-state index contributed by atoms with van der Waals surface area (Å²) >= 11 is 1.70. The maximum Gasteiger partial charge on any atom is 0.256 e. The smallest absolute Gasteiger partial charge is 0.256 e. The van der Waals surface area contributed by atoms with Crippen molar-refractivity contribution in [3.8, 4) is 11.5 Å². The summed E-state index contributed by atoms with van der Waals surface area (Å²) in [5.74, 6) is 2.08. The summed E-state index contributed by atoms with van der Waals surface area (Å²) in [5, 5.41) is 10.3. The number of hydrogen-bond donors (Lipinski definition) is 2. The molecule has 2 amide bonds. The van der Waals surface area contributed by atoms with Crippen molar-refractivity contribution in [2.45, 2.75) is 38.4 Å². The van der Waals surface area contributed by atoms with Crippen LogP contribution in [-0.4, -0.2) is 34.8 Å². The molecule has 2 aromatic carbocycles. The van der Waals surface area contributed by atoms with E-state index >= 15 is 0 Å². The van der Waals surface area contributed by atoms with Crippen LogP contribution in [0.1, 0.15) is 41.0 Å². The monoisotopic (exact) mass is 498 g/mol. The molecule has 3 aromatic rings. The fraction of sp³-hybridized carbons (Fsp3) is 0.320. The Hall–Kier alpha value is -3.53. The molecule has 4 rings (SSSR count). The zero-order chi connectivity index (χ0) is 24.8. The molecule has 0 saturated heterocycles. The average molecular weight is 499 g/mol. The van der Waals surface area contributed by atoms with Gasteiger partial charge in [-0.25, -0.2) is 9.07 Å². The molecule has 35 heavy (non-hydrogen) atoms. The summed E-state index contributed by atoms with van der Waals surface area (Å²) in [5.41, 5.74) is 2.97. The average Bonchev–Trinajstić information content (AvgIpc) is 3.42. The predicted molar refractivity (Wildman–Crippen MR) is 132 cm³/mol. The van der Waals surface area contributed by atoms with Gasteiger partial charge in [-0.05, 0) is 49.7 Å². The lowest BCUT2D eigenvalue weighted by atomic mass is 10.2. The van der Waals surface area contributed by atoms with E-state index in [-0.39, 0.29) is 30.7 Å². The maximum atomic E-state index is 13.1. The van der Waals surface area contributed by atoms with Crippen LogP contribution in [0.15, 0.2) is 42.5 Å². The van der Waals surface area contributed by atoms with E-state index in [0.717, 1.165) is 22.6 Å². The highest BCUT2D eigenvalue weighted by molar-refractivity contribution is 7.98. The lowest BCUT2D eigenvalue weighted by Crippen LogP contribution is -2.28. The van der Waals surface area contributed by atoms with Gasteiger partial charge in [-0.3, -0.25) is 9.59 Å². The summed E-state index contributed by atoms with van der Waals surface area (Å²) in [6.07, 6.45) is 0. The molecular formula is C25H27FN4O4S. The minimum Gasteiger partial charge on any atom is -0.490 e. The second-order valence-corrected chi connectivity index (χ2v) is 8.79. The molecule has 0 radical (unpaired) electrons. The van der Waals surface area contributed by atoms with E-state index < -0.39 is 0 Å².